The molecule has 0 aliphatic rings. The van der Waals surface area contributed by atoms with Gasteiger partial charge in [-0.15, -0.1) is 10.2 Å². The van der Waals surface area contributed by atoms with Crippen LogP contribution in [0, 0.1) is 0 Å². The van der Waals surface area contributed by atoms with Gasteiger partial charge in [0.15, 0.2) is 5.82 Å². The Balaban J connectivity index is 2.36. The first kappa shape index (κ1) is 16.7. The smallest absolute Gasteiger partial charge is 0.278 e. The van der Waals surface area contributed by atoms with Crippen LogP contribution >= 0.6 is 23.2 Å². The van der Waals surface area contributed by atoms with E-state index >= 15 is 0 Å². The van der Waals surface area contributed by atoms with E-state index in [1.165, 1.54) is 20.5 Å². The van der Waals surface area contributed by atoms with E-state index in [1.807, 2.05) is 0 Å². The van der Waals surface area contributed by atoms with E-state index in [1.54, 1.807) is 10.6 Å². The van der Waals surface area contributed by atoms with Gasteiger partial charge in [0.2, 0.25) is 0 Å². The Labute approximate surface area is 147 Å². The summed E-state index contributed by atoms with van der Waals surface area (Å²) in [6, 6.07) is 1.59. The molecular weight excluding hydrogens is 357 g/mol. The standard InChI is InChI=1S/C14H13Cl2N5O3/c1-23-13-14(24-2)19-11-8(18-13)5-7(15)10(16)9(11)12-20-17-6-21(12)3-4-22/h5-6,22H,3-4H2,1-2H3. The first-order chi connectivity index (χ1) is 11.6. The van der Waals surface area contributed by atoms with Crippen LogP contribution in [0.1, 0.15) is 0 Å². The second-order valence-electron chi connectivity index (χ2n) is 4.73. The summed E-state index contributed by atoms with van der Waals surface area (Å²) >= 11 is 12.6. The molecule has 0 fully saturated rings. The van der Waals surface area contributed by atoms with E-state index in [0.29, 0.717) is 34.0 Å². The van der Waals surface area contributed by atoms with Crippen molar-refractivity contribution in [2.24, 2.45) is 0 Å². The highest BCUT2D eigenvalue weighted by molar-refractivity contribution is 6.45. The van der Waals surface area contributed by atoms with E-state index < -0.39 is 0 Å². The lowest BCUT2D eigenvalue weighted by atomic mass is 10.1. The summed E-state index contributed by atoms with van der Waals surface area (Å²) < 4.78 is 12.0. The van der Waals surface area contributed by atoms with Gasteiger partial charge in [0.25, 0.3) is 11.8 Å². The number of aliphatic hydroxyl groups is 1. The number of ether oxygens (including phenoxy) is 2. The van der Waals surface area contributed by atoms with Crippen LogP contribution in [0.25, 0.3) is 22.4 Å². The fourth-order valence-electron chi connectivity index (χ4n) is 2.30. The Hall–Kier alpha value is -2.16. The molecule has 0 bridgehead atoms. The molecule has 2 aromatic heterocycles. The minimum absolute atomic E-state index is 0.0794. The number of aromatic nitrogens is 5. The number of aliphatic hydroxyl groups excluding tert-OH is 1. The number of hydrogen-bond donors (Lipinski definition) is 1. The molecule has 0 saturated heterocycles. The SMILES string of the molecule is COc1nc2cc(Cl)c(Cl)c(-c3nncn3CCO)c2nc1OC. The second-order valence-corrected chi connectivity index (χ2v) is 5.51. The molecule has 24 heavy (non-hydrogen) atoms. The largest absolute Gasteiger partial charge is 0.477 e. The summed E-state index contributed by atoms with van der Waals surface area (Å²) in [5.74, 6) is 0.854. The average Bonchev–Trinajstić information content (AvgIpc) is 3.03. The Morgan fingerprint density at radius 2 is 1.88 bits per heavy atom. The van der Waals surface area contributed by atoms with E-state index in [-0.39, 0.29) is 23.4 Å². The zero-order valence-corrected chi connectivity index (χ0v) is 14.3. The van der Waals surface area contributed by atoms with Gasteiger partial charge in [-0.25, -0.2) is 9.97 Å². The van der Waals surface area contributed by atoms with Crippen LogP contribution in [0.3, 0.4) is 0 Å². The highest BCUT2D eigenvalue weighted by Gasteiger charge is 2.22. The van der Waals surface area contributed by atoms with Crippen molar-refractivity contribution in [1.82, 2.24) is 24.7 Å². The fraction of sp³-hybridized carbons (Fsp3) is 0.286. The number of halogens is 2. The van der Waals surface area contributed by atoms with Crippen molar-refractivity contribution in [2.75, 3.05) is 20.8 Å². The van der Waals surface area contributed by atoms with Gasteiger partial charge in [0, 0.05) is 6.54 Å². The number of rotatable bonds is 5. The molecule has 0 amide bonds. The molecule has 1 aromatic carbocycles. The van der Waals surface area contributed by atoms with E-state index in [4.69, 9.17) is 32.7 Å². The van der Waals surface area contributed by atoms with Crippen LogP contribution < -0.4 is 9.47 Å². The van der Waals surface area contributed by atoms with Gasteiger partial charge < -0.3 is 19.1 Å². The lowest BCUT2D eigenvalue weighted by molar-refractivity contribution is 0.276. The van der Waals surface area contributed by atoms with Gasteiger partial charge in [-0.05, 0) is 6.07 Å². The van der Waals surface area contributed by atoms with E-state index in [9.17, 15) is 5.11 Å². The van der Waals surface area contributed by atoms with Crippen molar-refractivity contribution in [2.45, 2.75) is 6.54 Å². The molecule has 3 rings (SSSR count). The van der Waals surface area contributed by atoms with Crippen LogP contribution in [0.15, 0.2) is 12.4 Å². The molecule has 1 N–H and O–H groups in total. The number of nitrogens with zero attached hydrogens (tertiary/aromatic N) is 5. The summed E-state index contributed by atoms with van der Waals surface area (Å²) in [5.41, 5.74) is 1.36. The minimum Gasteiger partial charge on any atom is -0.477 e. The first-order valence-electron chi connectivity index (χ1n) is 6.87. The maximum absolute atomic E-state index is 9.20. The topological polar surface area (TPSA) is 95.2 Å². The maximum atomic E-state index is 9.20. The summed E-state index contributed by atoms with van der Waals surface area (Å²) in [7, 11) is 2.93. The number of fused-ring (bicyclic) bond motifs is 1. The number of methoxy groups -OCH3 is 2. The van der Waals surface area contributed by atoms with Crippen LogP contribution in [0.2, 0.25) is 10.0 Å². The molecule has 0 saturated carbocycles. The molecule has 8 nitrogen and oxygen atoms in total. The molecule has 2 heterocycles. The highest BCUT2D eigenvalue weighted by Crippen LogP contribution is 2.39. The minimum atomic E-state index is -0.0794. The molecule has 0 radical (unpaired) electrons. The van der Waals surface area contributed by atoms with Gasteiger partial charge in [-0.1, -0.05) is 23.2 Å². The van der Waals surface area contributed by atoms with Gasteiger partial charge in [0.05, 0.1) is 42.0 Å². The molecule has 3 aromatic rings. The number of benzene rings is 1. The molecule has 126 valence electrons. The van der Waals surface area contributed by atoms with Gasteiger partial charge in [-0.3, -0.25) is 0 Å². The van der Waals surface area contributed by atoms with E-state index in [2.05, 4.69) is 20.2 Å². The van der Waals surface area contributed by atoms with Gasteiger partial charge in [-0.2, -0.15) is 0 Å². The van der Waals surface area contributed by atoms with Crippen molar-refractivity contribution in [1.29, 1.82) is 0 Å². The molecule has 0 atom stereocenters. The summed E-state index contributed by atoms with van der Waals surface area (Å²) in [5, 5.41) is 17.7. The van der Waals surface area contributed by atoms with Crippen LogP contribution in [-0.4, -0.2) is 50.7 Å². The van der Waals surface area contributed by atoms with Crippen molar-refractivity contribution in [3.8, 4) is 23.1 Å². The van der Waals surface area contributed by atoms with Gasteiger partial charge >= 0.3 is 0 Å². The third-order valence-electron chi connectivity index (χ3n) is 3.36. The monoisotopic (exact) mass is 369 g/mol. The van der Waals surface area contributed by atoms with Crippen molar-refractivity contribution in [3.05, 3.63) is 22.4 Å². The third kappa shape index (κ3) is 2.72. The van der Waals surface area contributed by atoms with Crippen LogP contribution in [0.4, 0.5) is 0 Å². The summed E-state index contributed by atoms with van der Waals surface area (Å²) in [6.07, 6.45) is 1.49. The van der Waals surface area contributed by atoms with Crippen molar-refractivity contribution >= 4 is 34.2 Å². The van der Waals surface area contributed by atoms with Gasteiger partial charge in [0.1, 0.15) is 11.8 Å². The Kier molecular flexibility index (Phi) is 4.70. The normalized spacial score (nSPS) is 11.0. The molecule has 0 aliphatic heterocycles. The molecule has 0 spiro atoms. The van der Waals surface area contributed by atoms with Crippen LogP contribution in [0.5, 0.6) is 11.8 Å². The first-order valence-corrected chi connectivity index (χ1v) is 7.63. The molecule has 10 heteroatoms. The predicted molar refractivity (Wildman–Crippen MR) is 88.8 cm³/mol. The lowest BCUT2D eigenvalue weighted by Gasteiger charge is -2.13. The number of hydrogen-bond acceptors (Lipinski definition) is 7. The fourth-order valence-corrected chi connectivity index (χ4v) is 2.72. The quantitative estimate of drug-likeness (QED) is 0.736. The molecular formula is C14H13Cl2N5O3. The second kappa shape index (κ2) is 6.76. The average molecular weight is 370 g/mol. The highest BCUT2D eigenvalue weighted by atomic mass is 35.5. The Morgan fingerprint density at radius 1 is 1.17 bits per heavy atom. The predicted octanol–water partition coefficient (Wildman–Crippen LogP) is 2.20. The Morgan fingerprint density at radius 3 is 2.54 bits per heavy atom. The molecule has 0 aliphatic carbocycles. The summed E-state index contributed by atoms with van der Waals surface area (Å²) in [4.78, 5) is 8.78. The summed E-state index contributed by atoms with van der Waals surface area (Å²) in [6.45, 7) is 0.220. The van der Waals surface area contributed by atoms with E-state index in [0.717, 1.165) is 0 Å². The van der Waals surface area contributed by atoms with Crippen molar-refractivity contribution < 1.29 is 14.6 Å². The lowest BCUT2D eigenvalue weighted by Crippen LogP contribution is -2.05. The maximum Gasteiger partial charge on any atom is 0.278 e. The molecule has 0 unspecified atom stereocenters. The zero-order chi connectivity index (χ0) is 17.3. The third-order valence-corrected chi connectivity index (χ3v) is 4.14. The van der Waals surface area contributed by atoms with Crippen LogP contribution in [-0.2, 0) is 6.54 Å². The zero-order valence-electron chi connectivity index (χ0n) is 12.8. The van der Waals surface area contributed by atoms with Crippen molar-refractivity contribution in [3.63, 3.8) is 0 Å². The Bertz CT molecular complexity index is 900.